The summed E-state index contributed by atoms with van der Waals surface area (Å²) >= 11 is 0. The monoisotopic (exact) mass is 325 g/mol. The number of benzene rings is 1. The Morgan fingerprint density at radius 2 is 1.75 bits per heavy atom. The van der Waals surface area contributed by atoms with Crippen LogP contribution < -0.4 is 10.6 Å². The molecular weight excluding hydrogens is 306 g/mol. The minimum atomic E-state index is -0.303. The number of nitriles is 1. The van der Waals surface area contributed by atoms with Crippen LogP contribution in [-0.2, 0) is 4.79 Å². The maximum Gasteiger partial charge on any atom is 0.251 e. The second kappa shape index (κ2) is 8.02. The molecule has 0 atom stereocenters. The molecule has 0 saturated heterocycles. The largest absolute Gasteiger partial charge is 0.355 e. The first-order valence-electron chi connectivity index (χ1n) is 7.68. The quantitative estimate of drug-likeness (QED) is 0.780. The van der Waals surface area contributed by atoms with Crippen LogP contribution in [0, 0.1) is 25.2 Å². The molecule has 0 aliphatic rings. The van der Waals surface area contributed by atoms with Crippen LogP contribution in [0.15, 0.2) is 18.2 Å². The lowest BCUT2D eigenvalue weighted by Crippen LogP contribution is -2.29. The normalized spacial score (nSPS) is 10.2. The number of carbonyl (C=O) groups excluding carboxylic acids is 2. The second-order valence-electron chi connectivity index (χ2n) is 5.39. The van der Waals surface area contributed by atoms with Gasteiger partial charge < -0.3 is 10.6 Å². The summed E-state index contributed by atoms with van der Waals surface area (Å²) in [5, 5.41) is 13.8. The van der Waals surface area contributed by atoms with E-state index in [1.807, 2.05) is 13.8 Å². The Labute approximate surface area is 140 Å². The van der Waals surface area contributed by atoms with Crippen LogP contribution in [0.4, 0.5) is 0 Å². The smallest absolute Gasteiger partial charge is 0.251 e. The Kier molecular flexibility index (Phi) is 5.79. The molecule has 0 bridgehead atoms. The van der Waals surface area contributed by atoms with E-state index in [-0.39, 0.29) is 18.2 Å². The first-order chi connectivity index (χ1) is 11.5. The number of aromatic nitrogens is 2. The molecule has 0 spiro atoms. The fraction of sp³-hybridized carbons (Fsp3) is 0.353. The van der Waals surface area contributed by atoms with Crippen LogP contribution >= 0.6 is 0 Å². The van der Waals surface area contributed by atoms with Crippen molar-refractivity contribution in [1.29, 1.82) is 5.26 Å². The second-order valence-corrected chi connectivity index (χ2v) is 5.39. The maximum absolute atomic E-state index is 12.2. The van der Waals surface area contributed by atoms with Crippen LogP contribution in [0.25, 0.3) is 11.0 Å². The number of nitrogens with one attached hydrogen (secondary N) is 2. The predicted octanol–water partition coefficient (Wildman–Crippen LogP) is 1.40. The van der Waals surface area contributed by atoms with E-state index < -0.39 is 0 Å². The average molecular weight is 325 g/mol. The number of hydrogen-bond donors (Lipinski definition) is 2. The van der Waals surface area contributed by atoms with Crippen molar-refractivity contribution in [2.24, 2.45) is 0 Å². The third kappa shape index (κ3) is 4.49. The van der Waals surface area contributed by atoms with Crippen molar-refractivity contribution in [3.8, 4) is 6.07 Å². The van der Waals surface area contributed by atoms with Gasteiger partial charge in [-0.25, -0.2) is 9.97 Å². The number of amides is 2. The van der Waals surface area contributed by atoms with Gasteiger partial charge in [0.2, 0.25) is 5.91 Å². The van der Waals surface area contributed by atoms with E-state index in [9.17, 15) is 9.59 Å². The molecule has 124 valence electrons. The number of rotatable bonds is 6. The highest BCUT2D eigenvalue weighted by atomic mass is 16.2. The number of nitrogens with zero attached hydrogens (tertiary/aromatic N) is 3. The van der Waals surface area contributed by atoms with Gasteiger partial charge in [0.25, 0.3) is 5.91 Å². The SMILES string of the molecule is Cc1nc2ccc(C(=O)NCCCNC(=O)CC#N)cc2nc1C. The first kappa shape index (κ1) is 17.3. The highest BCUT2D eigenvalue weighted by molar-refractivity contribution is 5.97. The van der Waals surface area contributed by atoms with Gasteiger partial charge in [-0.2, -0.15) is 5.26 Å². The predicted molar refractivity (Wildman–Crippen MR) is 89.2 cm³/mol. The Morgan fingerprint density at radius 1 is 1.08 bits per heavy atom. The van der Waals surface area contributed by atoms with E-state index in [0.29, 0.717) is 30.6 Å². The molecule has 2 amide bonds. The van der Waals surface area contributed by atoms with Gasteiger partial charge in [-0.3, -0.25) is 9.59 Å². The third-order valence-electron chi connectivity index (χ3n) is 3.54. The molecule has 0 unspecified atom stereocenters. The lowest BCUT2D eigenvalue weighted by molar-refractivity contribution is -0.120. The minimum Gasteiger partial charge on any atom is -0.355 e. The number of fused-ring (bicyclic) bond motifs is 1. The van der Waals surface area contributed by atoms with Crippen LogP contribution in [0.3, 0.4) is 0 Å². The number of hydrogen-bond acceptors (Lipinski definition) is 5. The van der Waals surface area contributed by atoms with Crippen molar-refractivity contribution < 1.29 is 9.59 Å². The zero-order valence-corrected chi connectivity index (χ0v) is 13.7. The summed E-state index contributed by atoms with van der Waals surface area (Å²) < 4.78 is 0. The van der Waals surface area contributed by atoms with Gasteiger partial charge in [0, 0.05) is 18.7 Å². The average Bonchev–Trinajstić information content (AvgIpc) is 2.55. The number of aryl methyl sites for hydroxylation is 2. The molecule has 1 aromatic heterocycles. The van der Waals surface area contributed by atoms with Crippen molar-refractivity contribution in [2.75, 3.05) is 13.1 Å². The van der Waals surface area contributed by atoms with Crippen LogP contribution in [0.5, 0.6) is 0 Å². The summed E-state index contributed by atoms with van der Waals surface area (Å²) in [4.78, 5) is 32.1. The third-order valence-corrected chi connectivity index (χ3v) is 3.54. The summed E-state index contributed by atoms with van der Waals surface area (Å²) in [7, 11) is 0. The first-order valence-corrected chi connectivity index (χ1v) is 7.68. The van der Waals surface area contributed by atoms with Gasteiger partial charge in [-0.1, -0.05) is 0 Å². The van der Waals surface area contributed by atoms with Crippen LogP contribution in [0.1, 0.15) is 34.6 Å². The summed E-state index contributed by atoms with van der Waals surface area (Å²) in [6.45, 7) is 4.64. The van der Waals surface area contributed by atoms with Gasteiger partial charge in [-0.15, -0.1) is 0 Å². The Morgan fingerprint density at radius 3 is 2.46 bits per heavy atom. The molecule has 0 aliphatic heterocycles. The van der Waals surface area contributed by atoms with E-state index in [4.69, 9.17) is 5.26 Å². The van der Waals surface area contributed by atoms with Crippen molar-refractivity contribution >= 4 is 22.8 Å². The molecule has 0 fully saturated rings. The van der Waals surface area contributed by atoms with E-state index in [0.717, 1.165) is 16.9 Å². The molecule has 2 rings (SSSR count). The maximum atomic E-state index is 12.2. The van der Waals surface area contributed by atoms with Crippen LogP contribution in [-0.4, -0.2) is 34.9 Å². The highest BCUT2D eigenvalue weighted by Gasteiger charge is 2.08. The molecule has 2 aromatic rings. The van der Waals surface area contributed by atoms with Crippen molar-refractivity contribution in [1.82, 2.24) is 20.6 Å². The topological polar surface area (TPSA) is 108 Å². The van der Waals surface area contributed by atoms with Gasteiger partial charge in [-0.05, 0) is 38.5 Å². The molecule has 7 nitrogen and oxygen atoms in total. The standard InChI is InChI=1S/C17H19N5O2/c1-11-12(2)22-15-10-13(4-5-14(15)21-11)17(24)20-9-3-8-19-16(23)6-7-18/h4-5,10H,3,6,8-9H2,1-2H3,(H,19,23)(H,20,24). The summed E-state index contributed by atoms with van der Waals surface area (Å²) in [6, 6.07) is 7.00. The summed E-state index contributed by atoms with van der Waals surface area (Å²) in [5.74, 6) is -0.497. The molecule has 0 radical (unpaired) electrons. The molecule has 1 aromatic carbocycles. The molecule has 0 saturated carbocycles. The molecular formula is C17H19N5O2. The lowest BCUT2D eigenvalue weighted by Gasteiger charge is -2.07. The Bertz CT molecular complexity index is 810. The van der Waals surface area contributed by atoms with E-state index in [2.05, 4.69) is 20.6 Å². The van der Waals surface area contributed by atoms with E-state index in [1.165, 1.54) is 0 Å². The summed E-state index contributed by atoms with van der Waals surface area (Å²) in [6.07, 6.45) is 0.442. The van der Waals surface area contributed by atoms with Crippen molar-refractivity contribution in [2.45, 2.75) is 26.7 Å². The molecule has 1 heterocycles. The van der Waals surface area contributed by atoms with E-state index >= 15 is 0 Å². The molecule has 2 N–H and O–H groups in total. The van der Waals surface area contributed by atoms with Gasteiger partial charge in [0.15, 0.2) is 0 Å². The van der Waals surface area contributed by atoms with Gasteiger partial charge >= 0.3 is 0 Å². The van der Waals surface area contributed by atoms with E-state index in [1.54, 1.807) is 24.3 Å². The highest BCUT2D eigenvalue weighted by Crippen LogP contribution is 2.14. The van der Waals surface area contributed by atoms with Crippen LogP contribution in [0.2, 0.25) is 0 Å². The summed E-state index contributed by atoms with van der Waals surface area (Å²) in [5.41, 5.74) is 3.68. The zero-order valence-electron chi connectivity index (χ0n) is 13.7. The lowest BCUT2D eigenvalue weighted by atomic mass is 10.1. The number of carbonyl (C=O) groups is 2. The fourth-order valence-electron chi connectivity index (χ4n) is 2.13. The van der Waals surface area contributed by atoms with Gasteiger partial charge in [0.05, 0.1) is 28.5 Å². The molecule has 0 aliphatic carbocycles. The van der Waals surface area contributed by atoms with Gasteiger partial charge in [0.1, 0.15) is 6.42 Å². The van der Waals surface area contributed by atoms with Crippen molar-refractivity contribution in [3.05, 3.63) is 35.2 Å². The molecule has 24 heavy (non-hydrogen) atoms. The Balaban J connectivity index is 1.89. The van der Waals surface area contributed by atoms with Crippen molar-refractivity contribution in [3.63, 3.8) is 0 Å². The molecule has 7 heteroatoms. The zero-order chi connectivity index (χ0) is 17.5. The fourth-order valence-corrected chi connectivity index (χ4v) is 2.13. The minimum absolute atomic E-state index is 0.149. The Hall–Kier alpha value is -3.01.